The Hall–Kier alpha value is 0.130. The minimum absolute atomic E-state index is 0.221. The number of allylic oxidation sites excluding steroid dienone is 2. The lowest BCUT2D eigenvalue weighted by molar-refractivity contribution is 1.13. The molecule has 0 amide bonds. The average Bonchev–Trinajstić information content (AvgIpc) is 2.34. The predicted octanol–water partition coefficient (Wildman–Crippen LogP) is 2.27. The molecule has 2 aliphatic rings. The summed E-state index contributed by atoms with van der Waals surface area (Å²) >= 11 is 5.14. The van der Waals surface area contributed by atoms with Crippen LogP contribution in [0.4, 0.5) is 0 Å². The lowest BCUT2D eigenvalue weighted by Gasteiger charge is -2.10. The zero-order valence-electron chi connectivity index (χ0n) is 4.91. The molecule has 0 spiro atoms. The van der Waals surface area contributed by atoms with Crippen LogP contribution < -0.4 is 4.83 Å². The summed E-state index contributed by atoms with van der Waals surface area (Å²) in [5, 5.41) is 6.12. The number of hydrogen-bond donors (Lipinski definition) is 2. The van der Waals surface area contributed by atoms with Crippen LogP contribution in [0.5, 0.6) is 0 Å². The van der Waals surface area contributed by atoms with Crippen molar-refractivity contribution in [2.24, 2.45) is 5.10 Å². The van der Waals surface area contributed by atoms with Crippen LogP contribution in [0.15, 0.2) is 26.4 Å². The molecule has 0 radical (unpaired) electrons. The highest BCUT2D eigenvalue weighted by Crippen LogP contribution is 2.51. The SMILES string of the molecule is Br[SH]1C=CC2=C1C=NNS2. The molecule has 2 heterocycles. The zero-order valence-corrected chi connectivity index (χ0v) is 8.21. The number of halogens is 1. The van der Waals surface area contributed by atoms with E-state index in [0.717, 1.165) is 0 Å². The van der Waals surface area contributed by atoms with Crippen LogP contribution in [0.25, 0.3) is 0 Å². The summed E-state index contributed by atoms with van der Waals surface area (Å²) in [6.07, 6.45) is 4.00. The number of nitrogens with one attached hydrogen (secondary N) is 1. The van der Waals surface area contributed by atoms with Gasteiger partial charge in [-0.3, -0.25) is 0 Å². The van der Waals surface area contributed by atoms with Gasteiger partial charge in [-0.25, -0.2) is 4.83 Å². The molecule has 10 heavy (non-hydrogen) atoms. The fraction of sp³-hybridized carbons (Fsp3) is 0. The van der Waals surface area contributed by atoms with Crippen LogP contribution >= 0.6 is 36.1 Å². The summed E-state index contributed by atoms with van der Waals surface area (Å²) in [6.45, 7) is 0. The molecule has 0 saturated carbocycles. The first-order valence-electron chi connectivity index (χ1n) is 2.70. The number of hydrazone groups is 1. The van der Waals surface area contributed by atoms with Gasteiger partial charge in [-0.1, -0.05) is 0 Å². The van der Waals surface area contributed by atoms with Gasteiger partial charge >= 0.3 is 0 Å². The van der Waals surface area contributed by atoms with E-state index in [1.54, 1.807) is 11.9 Å². The fourth-order valence-corrected chi connectivity index (χ4v) is 4.25. The normalized spacial score (nSPS) is 32.3. The summed E-state index contributed by atoms with van der Waals surface area (Å²) in [6, 6.07) is 0. The molecule has 2 aliphatic heterocycles. The highest BCUT2D eigenvalue weighted by atomic mass is 79.9. The molecule has 54 valence electrons. The number of nitrogens with zero attached hydrogens (tertiary/aromatic N) is 1. The minimum atomic E-state index is -0.221. The topological polar surface area (TPSA) is 24.4 Å². The van der Waals surface area contributed by atoms with E-state index in [0.29, 0.717) is 0 Å². The number of thiol groups is 1. The molecule has 1 unspecified atom stereocenters. The Balaban J connectivity index is 2.36. The Morgan fingerprint density at radius 3 is 3.40 bits per heavy atom. The second-order valence-corrected chi connectivity index (χ2v) is 6.35. The van der Waals surface area contributed by atoms with Crippen molar-refractivity contribution in [2.45, 2.75) is 0 Å². The van der Waals surface area contributed by atoms with Gasteiger partial charge in [-0.15, -0.1) is 9.33 Å². The van der Waals surface area contributed by atoms with Crippen molar-refractivity contribution in [3.8, 4) is 0 Å². The monoisotopic (exact) mass is 236 g/mol. The molecule has 0 aromatic heterocycles. The van der Waals surface area contributed by atoms with Crippen molar-refractivity contribution in [3.05, 3.63) is 21.3 Å². The molecule has 0 aliphatic carbocycles. The third kappa shape index (κ3) is 1.02. The van der Waals surface area contributed by atoms with E-state index in [4.69, 9.17) is 0 Å². The first-order valence-corrected chi connectivity index (χ1v) is 6.95. The zero-order chi connectivity index (χ0) is 6.97. The van der Waals surface area contributed by atoms with Crippen molar-refractivity contribution in [1.29, 1.82) is 0 Å². The first kappa shape index (κ1) is 6.82. The number of hydrogen-bond acceptors (Lipinski definition) is 3. The Kier molecular flexibility index (Phi) is 1.80. The van der Waals surface area contributed by atoms with Crippen LogP contribution in [-0.2, 0) is 0 Å². The molecule has 0 aromatic carbocycles. The van der Waals surface area contributed by atoms with Crippen LogP contribution in [-0.4, -0.2) is 6.21 Å². The molecule has 1 N–H and O–H groups in total. The van der Waals surface area contributed by atoms with E-state index in [1.165, 1.54) is 9.81 Å². The molecule has 0 fully saturated rings. The second kappa shape index (κ2) is 2.64. The smallest absolute Gasteiger partial charge is 0.0619 e. The lowest BCUT2D eigenvalue weighted by atomic mass is 10.5. The molecule has 2 rings (SSSR count). The highest BCUT2D eigenvalue weighted by Gasteiger charge is 2.16. The molecule has 0 bridgehead atoms. The molecule has 1 atom stereocenters. The van der Waals surface area contributed by atoms with E-state index in [2.05, 4.69) is 36.2 Å². The molecular weight excluding hydrogens is 232 g/mol. The molecular formula is C5H5BrN2S2. The Morgan fingerprint density at radius 2 is 2.60 bits per heavy atom. The Labute approximate surface area is 73.5 Å². The minimum Gasteiger partial charge on any atom is -0.247 e. The largest absolute Gasteiger partial charge is 0.247 e. The van der Waals surface area contributed by atoms with E-state index < -0.39 is 0 Å². The molecule has 0 saturated heterocycles. The van der Waals surface area contributed by atoms with E-state index in [1.807, 2.05) is 6.21 Å². The van der Waals surface area contributed by atoms with Crippen LogP contribution in [0, 0.1) is 0 Å². The third-order valence-electron chi connectivity index (χ3n) is 1.23. The van der Waals surface area contributed by atoms with Gasteiger partial charge in [-0.05, 0) is 26.3 Å². The van der Waals surface area contributed by atoms with Crippen molar-refractivity contribution in [1.82, 2.24) is 4.83 Å². The molecule has 5 heteroatoms. The quantitative estimate of drug-likeness (QED) is 0.499. The summed E-state index contributed by atoms with van der Waals surface area (Å²) in [5.74, 6) is 0. The maximum Gasteiger partial charge on any atom is 0.0619 e. The Bertz CT molecular complexity index is 236. The predicted molar refractivity (Wildman–Crippen MR) is 53.3 cm³/mol. The van der Waals surface area contributed by atoms with Crippen molar-refractivity contribution in [3.63, 3.8) is 0 Å². The molecule has 0 aromatic rings. The van der Waals surface area contributed by atoms with Gasteiger partial charge in [-0.2, -0.15) is 5.10 Å². The van der Waals surface area contributed by atoms with Crippen molar-refractivity contribution in [2.75, 3.05) is 0 Å². The highest BCUT2D eigenvalue weighted by molar-refractivity contribution is 9.55. The maximum atomic E-state index is 3.95. The van der Waals surface area contributed by atoms with Crippen molar-refractivity contribution < 1.29 is 0 Å². The lowest BCUT2D eigenvalue weighted by Crippen LogP contribution is -2.00. The van der Waals surface area contributed by atoms with Gasteiger partial charge in [0, 0.05) is 21.8 Å². The van der Waals surface area contributed by atoms with Gasteiger partial charge < -0.3 is 0 Å². The number of rotatable bonds is 0. The molecule has 2 nitrogen and oxygen atoms in total. The van der Waals surface area contributed by atoms with Gasteiger partial charge in [0.25, 0.3) is 0 Å². The Morgan fingerprint density at radius 1 is 1.70 bits per heavy atom. The third-order valence-corrected chi connectivity index (χ3v) is 5.24. The van der Waals surface area contributed by atoms with Gasteiger partial charge in [0.05, 0.1) is 6.21 Å². The summed E-state index contributed by atoms with van der Waals surface area (Å²) < 4.78 is 0. The van der Waals surface area contributed by atoms with Crippen molar-refractivity contribution >= 4 is 42.3 Å². The van der Waals surface area contributed by atoms with Crippen LogP contribution in [0.2, 0.25) is 0 Å². The summed E-state index contributed by atoms with van der Waals surface area (Å²) in [7, 11) is -0.221. The van der Waals surface area contributed by atoms with Gasteiger partial charge in [0.15, 0.2) is 0 Å². The van der Waals surface area contributed by atoms with Crippen LogP contribution in [0.1, 0.15) is 0 Å². The van der Waals surface area contributed by atoms with Gasteiger partial charge in [0.2, 0.25) is 0 Å². The van der Waals surface area contributed by atoms with Gasteiger partial charge in [0.1, 0.15) is 0 Å². The van der Waals surface area contributed by atoms with E-state index >= 15 is 0 Å². The summed E-state index contributed by atoms with van der Waals surface area (Å²) in [4.78, 5) is 5.45. The fourth-order valence-electron chi connectivity index (χ4n) is 0.772. The van der Waals surface area contributed by atoms with E-state index in [-0.39, 0.29) is 9.33 Å². The second-order valence-electron chi connectivity index (χ2n) is 1.83. The maximum absolute atomic E-state index is 3.95. The summed E-state index contributed by atoms with van der Waals surface area (Å²) in [5.41, 5.74) is 0. The first-order chi connectivity index (χ1) is 4.88. The van der Waals surface area contributed by atoms with E-state index in [9.17, 15) is 0 Å². The standard InChI is InChI=1S/C5H5BrN2S2/c6-10-2-1-4-5(10)3-7-8-9-4/h1-3,8,10H. The van der Waals surface area contributed by atoms with Crippen LogP contribution in [0.3, 0.4) is 0 Å². The average molecular weight is 237 g/mol.